The molecule has 0 heterocycles. The predicted octanol–water partition coefficient (Wildman–Crippen LogP) is 12.7. The van der Waals surface area contributed by atoms with Gasteiger partial charge in [0.25, 0.3) is 0 Å². The number of hydrogen-bond acceptors (Lipinski definition) is 8. The highest BCUT2D eigenvalue weighted by Gasteiger charge is 2.42. The van der Waals surface area contributed by atoms with Crippen LogP contribution >= 0.6 is 69.8 Å². The van der Waals surface area contributed by atoms with Crippen molar-refractivity contribution in [2.24, 2.45) is 23.5 Å². The lowest BCUT2D eigenvalue weighted by Gasteiger charge is -2.19. The molecule has 15 heteroatoms. The van der Waals surface area contributed by atoms with Gasteiger partial charge in [-0.2, -0.15) is 0 Å². The number of carbonyl (C=O) groups excluding carboxylic acids is 2. The quantitative estimate of drug-likeness (QED) is 0.104. The van der Waals surface area contributed by atoms with E-state index in [1.165, 1.54) is 9.99 Å². The Bertz CT molecular complexity index is 1840. The van der Waals surface area contributed by atoms with E-state index in [9.17, 15) is 14.7 Å². The summed E-state index contributed by atoms with van der Waals surface area (Å²) in [6.45, 7) is 20.3. The first kappa shape index (κ1) is 54.6. The van der Waals surface area contributed by atoms with E-state index in [1.54, 1.807) is 18.2 Å². The molecule has 0 aliphatic heterocycles. The van der Waals surface area contributed by atoms with Crippen molar-refractivity contribution in [3.8, 4) is 17.2 Å². The Kier molecular flexibility index (Phi) is 23.0. The molecule has 3 aromatic rings. The average molecular weight is 1040 g/mol. The number of amides is 2. The van der Waals surface area contributed by atoms with Gasteiger partial charge in [-0.3, -0.25) is 0 Å². The molecule has 6 atom stereocenters. The fourth-order valence-corrected chi connectivity index (χ4v) is 7.21. The Balaban J connectivity index is 0.000000307. The molecule has 3 saturated carbocycles. The number of aromatic hydroxyl groups is 1. The van der Waals surface area contributed by atoms with Crippen LogP contribution in [0.4, 0.5) is 9.59 Å². The summed E-state index contributed by atoms with van der Waals surface area (Å²) in [6, 6.07) is 16.6. The molecular formula is C46H66Cl4IN3O7. The van der Waals surface area contributed by atoms with E-state index < -0.39 is 17.3 Å². The van der Waals surface area contributed by atoms with Gasteiger partial charge in [-0.25, -0.2) is 9.59 Å². The van der Waals surface area contributed by atoms with E-state index in [-0.39, 0.29) is 30.2 Å². The minimum atomic E-state index is -0.488. The number of carbonyl (C=O) groups is 2. The highest BCUT2D eigenvalue weighted by atomic mass is 127. The molecule has 3 aromatic carbocycles. The van der Waals surface area contributed by atoms with Gasteiger partial charge in [0.1, 0.15) is 28.5 Å². The molecule has 2 amide bonds. The van der Waals surface area contributed by atoms with E-state index in [4.69, 9.17) is 59.5 Å². The number of ether oxygens (including phenoxy) is 4. The van der Waals surface area contributed by atoms with E-state index in [2.05, 4.69) is 40.1 Å². The second-order valence-corrected chi connectivity index (χ2v) is 19.8. The molecule has 10 nitrogen and oxygen atoms in total. The molecule has 5 N–H and O–H groups in total. The third kappa shape index (κ3) is 19.8. The van der Waals surface area contributed by atoms with Gasteiger partial charge in [-0.15, -0.1) is 12.4 Å². The Morgan fingerprint density at radius 3 is 1.38 bits per heavy atom. The van der Waals surface area contributed by atoms with Gasteiger partial charge in [0.2, 0.25) is 0 Å². The summed E-state index contributed by atoms with van der Waals surface area (Å²) in [5.74, 6) is 4.65. The average Bonchev–Trinajstić information content (AvgIpc) is 4.06. The van der Waals surface area contributed by atoms with Crippen LogP contribution in [0, 0.1) is 17.8 Å². The van der Waals surface area contributed by atoms with Crippen molar-refractivity contribution in [3.63, 3.8) is 0 Å². The topological polar surface area (TPSA) is 141 Å². The Morgan fingerprint density at radius 2 is 1.02 bits per heavy atom. The summed E-state index contributed by atoms with van der Waals surface area (Å²) in [4.78, 5) is 23.2. The van der Waals surface area contributed by atoms with Gasteiger partial charge in [0.15, 0.2) is 0 Å². The van der Waals surface area contributed by atoms with Crippen molar-refractivity contribution in [1.82, 2.24) is 10.6 Å². The number of alkyl halides is 1. The molecular weight excluding hydrogens is 975 g/mol. The number of nitrogens with two attached hydrogens (primary N) is 1. The first-order valence-electron chi connectivity index (χ1n) is 20.8. The largest absolute Gasteiger partial charge is 0.508 e. The number of hydrogen-bond donors (Lipinski definition) is 4. The van der Waals surface area contributed by atoms with Gasteiger partial charge in [0.05, 0.1) is 13.2 Å². The van der Waals surface area contributed by atoms with Crippen molar-refractivity contribution in [2.75, 3.05) is 37.3 Å². The molecule has 3 aliphatic rings. The molecule has 0 spiro atoms. The van der Waals surface area contributed by atoms with Gasteiger partial charge in [-0.1, -0.05) is 64.3 Å². The van der Waals surface area contributed by atoms with Crippen molar-refractivity contribution in [1.29, 1.82) is 0 Å². The molecule has 0 bridgehead atoms. The van der Waals surface area contributed by atoms with Crippen molar-refractivity contribution < 1.29 is 33.6 Å². The number of nitrogens with one attached hydrogen (secondary N) is 2. The van der Waals surface area contributed by atoms with E-state index >= 15 is 0 Å². The Morgan fingerprint density at radius 1 is 0.672 bits per heavy atom. The van der Waals surface area contributed by atoms with E-state index in [0.29, 0.717) is 65.9 Å². The van der Waals surface area contributed by atoms with Crippen LogP contribution < -0.4 is 25.8 Å². The first-order chi connectivity index (χ1) is 28.2. The highest BCUT2D eigenvalue weighted by molar-refractivity contribution is 14.1. The number of benzene rings is 3. The summed E-state index contributed by atoms with van der Waals surface area (Å²) in [5, 5.41) is 17.5. The number of phenolic OH excluding ortho intramolecular Hbond substituents is 1. The summed E-state index contributed by atoms with van der Waals surface area (Å²) < 4.78 is 22.9. The van der Waals surface area contributed by atoms with Crippen molar-refractivity contribution in [2.45, 2.75) is 111 Å². The number of alkyl carbamates (subject to hydrolysis) is 2. The third-order valence-electron chi connectivity index (χ3n) is 9.62. The van der Waals surface area contributed by atoms with Gasteiger partial charge < -0.3 is 40.4 Å². The fraction of sp³-hybridized carbons (Fsp3) is 0.565. The fourth-order valence-electron chi connectivity index (χ4n) is 6.67. The normalized spacial score (nSPS) is 20.6. The molecule has 3 aliphatic carbocycles. The smallest absolute Gasteiger partial charge is 0.407 e. The molecule has 0 aromatic heterocycles. The predicted molar refractivity (Wildman–Crippen MR) is 260 cm³/mol. The van der Waals surface area contributed by atoms with Gasteiger partial charge >= 0.3 is 12.2 Å². The Hall–Kier alpha value is -2.55. The second-order valence-electron chi connectivity index (χ2n) is 17.0. The van der Waals surface area contributed by atoms with Crippen LogP contribution in [0.3, 0.4) is 0 Å². The maximum atomic E-state index is 11.7. The minimum Gasteiger partial charge on any atom is -0.508 e. The molecule has 0 radical (unpaired) electrons. The maximum absolute atomic E-state index is 11.7. The zero-order chi connectivity index (χ0) is 44.8. The molecule has 6 unspecified atom stereocenters. The first-order valence-corrected chi connectivity index (χ1v) is 23.4. The monoisotopic (exact) mass is 1040 g/mol. The molecule has 0 saturated heterocycles. The van der Waals surface area contributed by atoms with Gasteiger partial charge in [-0.05, 0) is 192 Å². The van der Waals surface area contributed by atoms with Crippen LogP contribution in [0.5, 0.6) is 17.2 Å². The molecule has 61 heavy (non-hydrogen) atoms. The zero-order valence-corrected chi connectivity index (χ0v) is 42.2. The summed E-state index contributed by atoms with van der Waals surface area (Å²) in [5.41, 5.74) is 7.90. The third-order valence-corrected chi connectivity index (χ3v) is 10.3. The molecule has 6 rings (SSSR count). The lowest BCUT2D eigenvalue weighted by atomic mass is 10.1. The van der Waals surface area contributed by atoms with E-state index in [0.717, 1.165) is 53.5 Å². The van der Waals surface area contributed by atoms with Crippen LogP contribution in [0.25, 0.3) is 0 Å². The Labute approximate surface area is 398 Å². The van der Waals surface area contributed by atoms with Crippen molar-refractivity contribution >= 4 is 82.0 Å². The number of phenols is 1. The maximum Gasteiger partial charge on any atom is 0.407 e. The zero-order valence-electron chi connectivity index (χ0n) is 36.9. The number of rotatable bonds is 12. The summed E-state index contributed by atoms with van der Waals surface area (Å²) in [7, 11) is 0. The van der Waals surface area contributed by atoms with Gasteiger partial charge in [0, 0.05) is 28.2 Å². The van der Waals surface area contributed by atoms with Crippen LogP contribution in [0.15, 0.2) is 54.6 Å². The highest BCUT2D eigenvalue weighted by Crippen LogP contribution is 2.52. The van der Waals surface area contributed by atoms with Crippen LogP contribution in [-0.4, -0.2) is 65.8 Å². The lowest BCUT2D eigenvalue weighted by molar-refractivity contribution is 0.0513. The second kappa shape index (κ2) is 25.7. The SMILES string of the molecule is CC(C)(C)OC(=O)NCC1CC1c1cc(Cl)ccc1O.CCI.CCOc1ccc(Cl)cc1C1CC1CN.CCOc1ccc(Cl)cc1C1CC1CNC(=O)OC(C)(C)C.Cl. The molecule has 342 valence electrons. The lowest BCUT2D eigenvalue weighted by Crippen LogP contribution is -2.33. The van der Waals surface area contributed by atoms with Crippen molar-refractivity contribution in [3.05, 3.63) is 86.4 Å². The minimum absolute atomic E-state index is 0. The van der Waals surface area contributed by atoms with Crippen LogP contribution in [0.2, 0.25) is 15.1 Å². The summed E-state index contributed by atoms with van der Waals surface area (Å²) in [6.07, 6.45) is 2.35. The molecule has 3 fully saturated rings. The standard InChI is InChI=1S/C17H24ClNO3.C15H20ClNO3.C12H16ClNO.C2H5I.ClH/c1-5-21-15-7-6-12(18)9-14(15)13-8-11(13)10-19-16(20)22-17(2,3)4;1-15(2,3)20-14(19)17-8-9-6-11(9)12-7-10(16)4-5-13(12)18;1-2-15-12-4-3-9(13)6-11(12)10-5-8(10)7-14;1-2-3;/h6-7,9,11,13H,5,8,10H2,1-4H3,(H,19,20);4-5,7,9,11,18H,6,8H2,1-3H3,(H,17,19);3-4,6,8,10H,2,5,7,14H2,1H3;2H2,1H3;1H. The van der Waals surface area contributed by atoms with Crippen LogP contribution in [0.1, 0.15) is 116 Å². The van der Waals surface area contributed by atoms with Crippen LogP contribution in [-0.2, 0) is 9.47 Å². The summed E-state index contributed by atoms with van der Waals surface area (Å²) >= 11 is 20.3. The number of halogens is 5. The van der Waals surface area contributed by atoms with E-state index in [1.807, 2.05) is 91.8 Å².